The number of likely N-dealkylation sites (N-methyl/N-ethyl adjacent to an activating group) is 1. The molecule has 1 amide bonds. The van der Waals surface area contributed by atoms with E-state index in [1.165, 1.54) is 0 Å². The third-order valence-corrected chi connectivity index (χ3v) is 3.42. The van der Waals surface area contributed by atoms with E-state index in [0.717, 1.165) is 25.5 Å². The Kier molecular flexibility index (Phi) is 10.8. The van der Waals surface area contributed by atoms with Crippen LogP contribution in [0.15, 0.2) is 0 Å². The first-order valence-corrected chi connectivity index (χ1v) is 7.89. The second-order valence-corrected chi connectivity index (χ2v) is 5.89. The second-order valence-electron chi connectivity index (χ2n) is 5.89. The largest absolute Gasteiger partial charge is 0.347 e. The maximum absolute atomic E-state index is 12.0. The lowest BCUT2D eigenvalue weighted by atomic mass is 9.98. The minimum absolute atomic E-state index is 0.0533. The molecule has 0 fully saturated rings. The molecule has 2 N–H and O–H groups in total. The molecule has 0 aliphatic heterocycles. The van der Waals surface area contributed by atoms with E-state index in [0.29, 0.717) is 12.3 Å². The van der Waals surface area contributed by atoms with E-state index in [1.807, 2.05) is 6.92 Å². The zero-order valence-corrected chi connectivity index (χ0v) is 13.8. The molecule has 0 aliphatic carbocycles. The van der Waals surface area contributed by atoms with Crippen LogP contribution in [0.2, 0.25) is 0 Å². The summed E-state index contributed by atoms with van der Waals surface area (Å²) >= 11 is 0. The van der Waals surface area contributed by atoms with Crippen molar-refractivity contribution in [2.24, 2.45) is 5.92 Å². The van der Waals surface area contributed by atoms with E-state index in [2.05, 4.69) is 24.5 Å². The van der Waals surface area contributed by atoms with Gasteiger partial charge in [0, 0.05) is 12.8 Å². The minimum atomic E-state index is -0.427. The van der Waals surface area contributed by atoms with Crippen molar-refractivity contribution < 1.29 is 14.4 Å². The summed E-state index contributed by atoms with van der Waals surface area (Å²) < 4.78 is 0. The smallest absolute Gasteiger partial charge is 0.221 e. The number of carbonyl (C=O) groups excluding carboxylic acids is 3. The molecule has 122 valence electrons. The van der Waals surface area contributed by atoms with Gasteiger partial charge in [0.05, 0.1) is 12.1 Å². The Morgan fingerprint density at radius 3 is 2.33 bits per heavy atom. The molecule has 0 saturated carbocycles. The lowest BCUT2D eigenvalue weighted by Gasteiger charge is -2.17. The van der Waals surface area contributed by atoms with E-state index < -0.39 is 6.04 Å². The summed E-state index contributed by atoms with van der Waals surface area (Å²) in [6.45, 7) is 6.16. The van der Waals surface area contributed by atoms with Crippen LogP contribution < -0.4 is 10.6 Å². The number of aldehydes is 1. The number of carbonyl (C=O) groups is 3. The van der Waals surface area contributed by atoms with Gasteiger partial charge in [0.25, 0.3) is 0 Å². The number of nitrogens with one attached hydrogen (secondary N) is 2. The van der Waals surface area contributed by atoms with E-state index >= 15 is 0 Å². The lowest BCUT2D eigenvalue weighted by Crippen LogP contribution is -2.38. The Morgan fingerprint density at radius 2 is 1.86 bits per heavy atom. The molecule has 0 unspecified atom stereocenters. The lowest BCUT2D eigenvalue weighted by molar-refractivity contribution is -0.127. The van der Waals surface area contributed by atoms with E-state index in [9.17, 15) is 14.4 Å². The fourth-order valence-electron chi connectivity index (χ4n) is 2.17. The molecule has 0 radical (unpaired) electrons. The van der Waals surface area contributed by atoms with Crippen molar-refractivity contribution in [2.75, 3.05) is 7.05 Å². The molecule has 0 spiro atoms. The van der Waals surface area contributed by atoms with Gasteiger partial charge in [0.2, 0.25) is 5.91 Å². The summed E-state index contributed by atoms with van der Waals surface area (Å²) in [5, 5.41) is 5.67. The van der Waals surface area contributed by atoms with Gasteiger partial charge in [-0.3, -0.25) is 9.59 Å². The van der Waals surface area contributed by atoms with Crippen LogP contribution in [-0.4, -0.2) is 37.1 Å². The highest BCUT2D eigenvalue weighted by atomic mass is 16.2. The Balaban J connectivity index is 4.15. The zero-order valence-electron chi connectivity index (χ0n) is 13.8. The van der Waals surface area contributed by atoms with Crippen LogP contribution in [0.3, 0.4) is 0 Å². The summed E-state index contributed by atoms with van der Waals surface area (Å²) in [5.74, 6) is 0.252. The number of unbranched alkanes of at least 4 members (excludes halogenated alkanes) is 1. The van der Waals surface area contributed by atoms with Crippen LogP contribution in [0.5, 0.6) is 0 Å². The van der Waals surface area contributed by atoms with Crippen LogP contribution in [0, 0.1) is 5.92 Å². The predicted octanol–water partition coefficient (Wildman–Crippen LogP) is 1.84. The zero-order chi connectivity index (χ0) is 16.3. The van der Waals surface area contributed by atoms with Crippen molar-refractivity contribution in [3.8, 4) is 0 Å². The maximum Gasteiger partial charge on any atom is 0.221 e. The number of Topliss-reactive ketones (excluding diaryl/α,β-unsaturated/α-hetero) is 1. The normalized spacial score (nSPS) is 13.8. The molecular formula is C16H30N2O3. The average Bonchev–Trinajstić information content (AvgIpc) is 2.46. The minimum Gasteiger partial charge on any atom is -0.347 e. The van der Waals surface area contributed by atoms with Crippen LogP contribution in [0.4, 0.5) is 0 Å². The van der Waals surface area contributed by atoms with E-state index in [1.54, 1.807) is 7.05 Å². The molecule has 0 bridgehead atoms. The summed E-state index contributed by atoms with van der Waals surface area (Å²) in [7, 11) is 1.76. The molecule has 21 heavy (non-hydrogen) atoms. The van der Waals surface area contributed by atoms with Crippen LogP contribution in [0.1, 0.15) is 59.3 Å². The van der Waals surface area contributed by atoms with Crippen LogP contribution >= 0.6 is 0 Å². The van der Waals surface area contributed by atoms with Crippen molar-refractivity contribution in [1.82, 2.24) is 10.6 Å². The summed E-state index contributed by atoms with van der Waals surface area (Å²) in [5.41, 5.74) is 0. The Labute approximate surface area is 128 Å². The number of hydrogen-bond acceptors (Lipinski definition) is 4. The first-order valence-electron chi connectivity index (χ1n) is 7.89. The van der Waals surface area contributed by atoms with Crippen molar-refractivity contribution >= 4 is 18.0 Å². The standard InChI is InChI=1S/C16H30N2O3/c1-5-6-7-13(11-19)18-16(21)9-8-15(20)14(17-4)10-12(2)3/h11-14,17H,5-10H2,1-4H3,(H,18,21)/t13-,14-/m0/s1. The third-order valence-electron chi connectivity index (χ3n) is 3.42. The second kappa shape index (κ2) is 11.4. The molecule has 5 heteroatoms. The van der Waals surface area contributed by atoms with Gasteiger partial charge in [-0.25, -0.2) is 0 Å². The molecule has 0 rings (SSSR count). The highest BCUT2D eigenvalue weighted by Crippen LogP contribution is 2.08. The number of rotatable bonds is 12. The van der Waals surface area contributed by atoms with E-state index in [4.69, 9.17) is 0 Å². The SMILES string of the molecule is CCCC[C@@H](C=O)NC(=O)CCC(=O)[C@H](CC(C)C)NC. The third kappa shape index (κ3) is 9.34. The first-order chi connectivity index (χ1) is 9.94. The van der Waals surface area contributed by atoms with Gasteiger partial charge >= 0.3 is 0 Å². The van der Waals surface area contributed by atoms with Crippen molar-refractivity contribution in [3.05, 3.63) is 0 Å². The summed E-state index contributed by atoms with van der Waals surface area (Å²) in [6.07, 6.45) is 4.44. The fraction of sp³-hybridized carbons (Fsp3) is 0.812. The molecule has 0 heterocycles. The van der Waals surface area contributed by atoms with Gasteiger partial charge in [-0.15, -0.1) is 0 Å². The topological polar surface area (TPSA) is 75.3 Å². The van der Waals surface area contributed by atoms with Gasteiger partial charge in [-0.05, 0) is 25.8 Å². The molecule has 2 atom stereocenters. The van der Waals surface area contributed by atoms with Gasteiger partial charge in [0.15, 0.2) is 0 Å². The Hall–Kier alpha value is -1.23. The molecule has 0 aromatic heterocycles. The first kappa shape index (κ1) is 19.8. The highest BCUT2D eigenvalue weighted by Gasteiger charge is 2.19. The number of amides is 1. The summed E-state index contributed by atoms with van der Waals surface area (Å²) in [4.78, 5) is 34.7. The monoisotopic (exact) mass is 298 g/mol. The number of ketones is 1. The molecule has 0 saturated heterocycles. The van der Waals surface area contributed by atoms with Gasteiger partial charge in [0.1, 0.15) is 12.1 Å². The Morgan fingerprint density at radius 1 is 1.19 bits per heavy atom. The maximum atomic E-state index is 12.0. The molecule has 0 aromatic carbocycles. The fourth-order valence-corrected chi connectivity index (χ4v) is 2.17. The molecular weight excluding hydrogens is 268 g/mol. The van der Waals surface area contributed by atoms with Gasteiger partial charge in [-0.2, -0.15) is 0 Å². The van der Waals surface area contributed by atoms with Gasteiger partial charge in [-0.1, -0.05) is 33.6 Å². The van der Waals surface area contributed by atoms with Crippen molar-refractivity contribution in [2.45, 2.75) is 71.4 Å². The summed E-state index contributed by atoms with van der Waals surface area (Å²) in [6, 6.07) is -0.622. The van der Waals surface area contributed by atoms with E-state index in [-0.39, 0.29) is 30.6 Å². The predicted molar refractivity (Wildman–Crippen MR) is 84.1 cm³/mol. The van der Waals surface area contributed by atoms with Crippen molar-refractivity contribution in [1.29, 1.82) is 0 Å². The highest BCUT2D eigenvalue weighted by molar-refractivity contribution is 5.89. The van der Waals surface area contributed by atoms with Gasteiger partial charge < -0.3 is 15.4 Å². The van der Waals surface area contributed by atoms with Crippen molar-refractivity contribution in [3.63, 3.8) is 0 Å². The molecule has 0 aliphatic rings. The quantitative estimate of drug-likeness (QED) is 0.539. The van der Waals surface area contributed by atoms with Crippen LogP contribution in [0.25, 0.3) is 0 Å². The molecule has 5 nitrogen and oxygen atoms in total. The number of hydrogen-bond donors (Lipinski definition) is 2. The Bertz CT molecular complexity index is 329. The van der Waals surface area contributed by atoms with Crippen LogP contribution in [-0.2, 0) is 14.4 Å². The molecule has 0 aromatic rings. The average molecular weight is 298 g/mol.